The molecule has 124 valence electrons. The number of nitrogens with one attached hydrogen (secondary N) is 1. The summed E-state index contributed by atoms with van der Waals surface area (Å²) in [4.78, 5) is 16.7. The van der Waals surface area contributed by atoms with Crippen LogP contribution in [0.3, 0.4) is 0 Å². The number of aromatic nitrogens is 4. The number of hydrogen-bond acceptors (Lipinski definition) is 5. The van der Waals surface area contributed by atoms with Crippen LogP contribution in [0.2, 0.25) is 0 Å². The van der Waals surface area contributed by atoms with Crippen LogP contribution in [-0.4, -0.2) is 25.8 Å². The molecule has 7 nitrogen and oxygen atoms in total. The van der Waals surface area contributed by atoms with E-state index in [1.807, 2.05) is 37.3 Å². The highest BCUT2D eigenvalue weighted by Gasteiger charge is 2.23. The largest absolute Gasteiger partial charge is 0.361 e. The molecule has 24 heavy (non-hydrogen) atoms. The summed E-state index contributed by atoms with van der Waals surface area (Å²) in [6.07, 6.45) is 3.74. The monoisotopic (exact) mass is 325 g/mol. The molecule has 1 atom stereocenters. The van der Waals surface area contributed by atoms with Crippen molar-refractivity contribution >= 4 is 5.91 Å². The van der Waals surface area contributed by atoms with E-state index in [2.05, 4.69) is 20.6 Å². The standard InChI is InChI=1S/C17H19N5O2/c1-3-14-16(12(2)24-21-14)17(23)20-15(9-22-11-18-10-19-22)13-7-5-4-6-8-13/h4-8,10-11,15H,3,9H2,1-2H3,(H,20,23)/t15-/m0/s1. The number of benzene rings is 1. The maximum atomic E-state index is 12.8. The highest BCUT2D eigenvalue weighted by atomic mass is 16.5. The second-order valence-electron chi connectivity index (χ2n) is 5.47. The zero-order chi connectivity index (χ0) is 16.9. The number of aryl methyl sites for hydroxylation is 2. The predicted molar refractivity (Wildman–Crippen MR) is 87.3 cm³/mol. The lowest BCUT2D eigenvalue weighted by atomic mass is 10.1. The molecule has 0 saturated carbocycles. The first-order chi connectivity index (χ1) is 11.7. The van der Waals surface area contributed by atoms with Crippen LogP contribution >= 0.6 is 0 Å². The molecule has 0 spiro atoms. The summed E-state index contributed by atoms with van der Waals surface area (Å²) in [5, 5.41) is 11.1. The fraction of sp³-hybridized carbons (Fsp3) is 0.294. The SMILES string of the molecule is CCc1noc(C)c1C(=O)N[C@@H](Cn1cncn1)c1ccccc1. The van der Waals surface area contributed by atoms with Crippen LogP contribution in [-0.2, 0) is 13.0 Å². The summed E-state index contributed by atoms with van der Waals surface area (Å²) in [6.45, 7) is 4.18. The van der Waals surface area contributed by atoms with Gasteiger partial charge in [0.1, 0.15) is 24.0 Å². The van der Waals surface area contributed by atoms with E-state index >= 15 is 0 Å². The van der Waals surface area contributed by atoms with Crippen molar-refractivity contribution in [3.8, 4) is 0 Å². The lowest BCUT2D eigenvalue weighted by Crippen LogP contribution is -2.32. The van der Waals surface area contributed by atoms with Gasteiger partial charge in [-0.3, -0.25) is 9.48 Å². The molecule has 0 aliphatic heterocycles. The fourth-order valence-corrected chi connectivity index (χ4v) is 2.61. The molecule has 0 bridgehead atoms. The van der Waals surface area contributed by atoms with Gasteiger partial charge in [0.15, 0.2) is 0 Å². The molecule has 7 heteroatoms. The lowest BCUT2D eigenvalue weighted by Gasteiger charge is -2.19. The van der Waals surface area contributed by atoms with Gasteiger partial charge < -0.3 is 9.84 Å². The third-order valence-corrected chi connectivity index (χ3v) is 3.84. The van der Waals surface area contributed by atoms with Crippen LogP contribution in [0.15, 0.2) is 47.5 Å². The Labute approximate surface area is 139 Å². The van der Waals surface area contributed by atoms with Crippen molar-refractivity contribution in [2.75, 3.05) is 0 Å². The molecule has 2 heterocycles. The Morgan fingerprint density at radius 2 is 2.12 bits per heavy atom. The van der Waals surface area contributed by atoms with E-state index in [4.69, 9.17) is 4.52 Å². The van der Waals surface area contributed by atoms with Crippen LogP contribution < -0.4 is 5.32 Å². The van der Waals surface area contributed by atoms with Crippen molar-refractivity contribution in [2.24, 2.45) is 0 Å². The number of rotatable bonds is 6. The number of carbonyl (C=O) groups is 1. The van der Waals surface area contributed by atoms with Crippen LogP contribution in [0, 0.1) is 6.92 Å². The average molecular weight is 325 g/mol. The first-order valence-corrected chi connectivity index (χ1v) is 7.82. The Bertz CT molecular complexity index is 796. The van der Waals surface area contributed by atoms with E-state index < -0.39 is 0 Å². The van der Waals surface area contributed by atoms with Crippen molar-refractivity contribution < 1.29 is 9.32 Å². The minimum absolute atomic E-state index is 0.195. The van der Waals surface area contributed by atoms with Crippen LogP contribution in [0.1, 0.15) is 40.3 Å². The van der Waals surface area contributed by atoms with Crippen molar-refractivity contribution in [1.82, 2.24) is 25.2 Å². The van der Waals surface area contributed by atoms with Crippen LogP contribution in [0.5, 0.6) is 0 Å². The van der Waals surface area contributed by atoms with Gasteiger partial charge in [0, 0.05) is 0 Å². The van der Waals surface area contributed by atoms with Crippen molar-refractivity contribution in [1.29, 1.82) is 0 Å². The summed E-state index contributed by atoms with van der Waals surface area (Å²) in [5.74, 6) is 0.330. The summed E-state index contributed by atoms with van der Waals surface area (Å²) in [7, 11) is 0. The van der Waals surface area contributed by atoms with Gasteiger partial charge in [0.25, 0.3) is 5.91 Å². The van der Waals surface area contributed by atoms with E-state index in [0.717, 1.165) is 5.56 Å². The summed E-state index contributed by atoms with van der Waals surface area (Å²) >= 11 is 0. The number of hydrogen-bond donors (Lipinski definition) is 1. The molecule has 0 aliphatic rings. The normalized spacial score (nSPS) is 12.1. The molecule has 2 aromatic heterocycles. The first-order valence-electron chi connectivity index (χ1n) is 7.82. The number of nitrogens with zero attached hydrogens (tertiary/aromatic N) is 4. The molecular formula is C17H19N5O2. The van der Waals surface area contributed by atoms with Crippen molar-refractivity contribution in [3.05, 3.63) is 65.6 Å². The summed E-state index contributed by atoms with van der Waals surface area (Å²) in [5.41, 5.74) is 2.17. The van der Waals surface area contributed by atoms with Crippen LogP contribution in [0.4, 0.5) is 0 Å². The van der Waals surface area contributed by atoms with E-state index in [0.29, 0.717) is 30.0 Å². The van der Waals surface area contributed by atoms with E-state index in [9.17, 15) is 4.79 Å². The number of carbonyl (C=O) groups excluding carboxylic acids is 1. The molecule has 1 N–H and O–H groups in total. The number of amides is 1. The Kier molecular flexibility index (Phi) is 4.69. The molecule has 0 fully saturated rings. The molecule has 3 aromatic rings. The predicted octanol–water partition coefficient (Wildman–Crippen LogP) is 2.31. The Morgan fingerprint density at radius 3 is 2.79 bits per heavy atom. The van der Waals surface area contributed by atoms with Gasteiger partial charge >= 0.3 is 0 Å². The van der Waals surface area contributed by atoms with Gasteiger partial charge in [-0.15, -0.1) is 0 Å². The molecule has 0 saturated heterocycles. The Morgan fingerprint density at radius 1 is 1.33 bits per heavy atom. The molecule has 0 radical (unpaired) electrons. The first kappa shape index (κ1) is 15.9. The minimum atomic E-state index is -0.237. The topological polar surface area (TPSA) is 85.8 Å². The Balaban J connectivity index is 1.86. The summed E-state index contributed by atoms with van der Waals surface area (Å²) < 4.78 is 6.86. The smallest absolute Gasteiger partial charge is 0.257 e. The van der Waals surface area contributed by atoms with Gasteiger partial charge in [-0.1, -0.05) is 42.4 Å². The fourth-order valence-electron chi connectivity index (χ4n) is 2.61. The molecule has 1 aromatic carbocycles. The second-order valence-corrected chi connectivity index (χ2v) is 5.47. The van der Waals surface area contributed by atoms with Gasteiger partial charge in [-0.2, -0.15) is 5.10 Å². The third kappa shape index (κ3) is 3.34. The van der Waals surface area contributed by atoms with Gasteiger partial charge in [0.05, 0.1) is 18.3 Å². The highest BCUT2D eigenvalue weighted by molar-refractivity contribution is 5.96. The third-order valence-electron chi connectivity index (χ3n) is 3.84. The van der Waals surface area contributed by atoms with Gasteiger partial charge in [0.2, 0.25) is 0 Å². The van der Waals surface area contributed by atoms with Gasteiger partial charge in [-0.05, 0) is 18.9 Å². The molecule has 3 rings (SSSR count). The second kappa shape index (κ2) is 7.08. The zero-order valence-corrected chi connectivity index (χ0v) is 13.6. The van der Waals surface area contributed by atoms with Crippen molar-refractivity contribution in [2.45, 2.75) is 32.9 Å². The van der Waals surface area contributed by atoms with Gasteiger partial charge in [-0.25, -0.2) is 4.98 Å². The molecule has 1 amide bonds. The Hall–Kier alpha value is -2.96. The quantitative estimate of drug-likeness (QED) is 0.751. The lowest BCUT2D eigenvalue weighted by molar-refractivity contribution is 0.0929. The highest BCUT2D eigenvalue weighted by Crippen LogP contribution is 2.19. The molecule has 0 aliphatic carbocycles. The van der Waals surface area contributed by atoms with E-state index in [1.54, 1.807) is 17.9 Å². The molecule has 0 unspecified atom stereocenters. The van der Waals surface area contributed by atoms with Crippen molar-refractivity contribution in [3.63, 3.8) is 0 Å². The minimum Gasteiger partial charge on any atom is -0.361 e. The average Bonchev–Trinajstić information content (AvgIpc) is 3.24. The summed E-state index contributed by atoms with van der Waals surface area (Å²) in [6, 6.07) is 9.54. The van der Waals surface area contributed by atoms with E-state index in [-0.39, 0.29) is 11.9 Å². The van der Waals surface area contributed by atoms with Crippen LogP contribution in [0.25, 0.3) is 0 Å². The maximum Gasteiger partial charge on any atom is 0.257 e. The molecular weight excluding hydrogens is 306 g/mol. The maximum absolute atomic E-state index is 12.8. The van der Waals surface area contributed by atoms with E-state index in [1.165, 1.54) is 6.33 Å². The zero-order valence-electron chi connectivity index (χ0n) is 13.6.